The van der Waals surface area contributed by atoms with Crippen molar-refractivity contribution >= 4 is 29.2 Å². The highest BCUT2D eigenvalue weighted by Gasteiger charge is 2.24. The first-order valence-electron chi connectivity index (χ1n) is 15.9. The fourth-order valence-electron chi connectivity index (χ4n) is 5.02. The predicted octanol–water partition coefficient (Wildman–Crippen LogP) is 5.40. The highest BCUT2D eigenvalue weighted by molar-refractivity contribution is 7.09. The van der Waals surface area contributed by atoms with Gasteiger partial charge in [-0.15, -0.1) is 11.3 Å². The van der Waals surface area contributed by atoms with Gasteiger partial charge in [-0.1, -0.05) is 62.4 Å². The summed E-state index contributed by atoms with van der Waals surface area (Å²) in [6, 6.07) is 21.4. The summed E-state index contributed by atoms with van der Waals surface area (Å²) in [5.74, 6) is 0.0862. The van der Waals surface area contributed by atoms with Gasteiger partial charge in [0.25, 0.3) is 11.8 Å². The standard InChI is InChI=1S/C37H45N5O5S/c1-24(2)27-15-16-30(33(19-27)47-37(46)41(4)5)20-38-21-32(43)31(17-26-11-8-7-9-12-26)40-35(44)28-13-10-14-29(18-28)36(45)42(6)22-34-39-25(3)23-48-34/h7-16,18-19,23-24,31-32,38,43H,17,20-22H2,1-6H3,(H,40,44)/t31-,32+/m0/s1. The second kappa shape index (κ2) is 17.0. The summed E-state index contributed by atoms with van der Waals surface area (Å²) >= 11 is 1.50. The number of aromatic nitrogens is 1. The number of carbonyl (C=O) groups is 3. The van der Waals surface area contributed by atoms with Crippen LogP contribution < -0.4 is 15.4 Å². The fourth-order valence-corrected chi connectivity index (χ4v) is 5.84. The Morgan fingerprint density at radius 3 is 2.35 bits per heavy atom. The van der Waals surface area contributed by atoms with Crippen LogP contribution in [0.2, 0.25) is 0 Å². The molecule has 254 valence electrons. The number of benzene rings is 3. The number of nitrogens with zero attached hydrogens (tertiary/aromatic N) is 3. The maximum atomic E-state index is 13.5. The van der Waals surface area contributed by atoms with E-state index in [0.717, 1.165) is 27.4 Å². The van der Waals surface area contributed by atoms with Crippen LogP contribution in [0.3, 0.4) is 0 Å². The van der Waals surface area contributed by atoms with Gasteiger partial charge in [-0.3, -0.25) is 9.59 Å². The Kier molecular flexibility index (Phi) is 12.8. The Labute approximate surface area is 286 Å². The number of amides is 3. The molecule has 48 heavy (non-hydrogen) atoms. The third kappa shape index (κ3) is 10.2. The van der Waals surface area contributed by atoms with E-state index in [0.29, 0.717) is 36.4 Å². The van der Waals surface area contributed by atoms with Crippen molar-refractivity contribution in [1.82, 2.24) is 25.4 Å². The van der Waals surface area contributed by atoms with Gasteiger partial charge in [0, 0.05) is 62.0 Å². The largest absolute Gasteiger partial charge is 0.414 e. The first-order chi connectivity index (χ1) is 22.9. The highest BCUT2D eigenvalue weighted by Crippen LogP contribution is 2.26. The molecule has 10 nitrogen and oxygen atoms in total. The second-order valence-electron chi connectivity index (χ2n) is 12.4. The molecule has 0 fully saturated rings. The van der Waals surface area contributed by atoms with Crippen molar-refractivity contribution in [2.24, 2.45) is 0 Å². The number of carbonyl (C=O) groups excluding carboxylic acids is 3. The molecule has 3 amide bonds. The molecule has 0 bridgehead atoms. The SMILES string of the molecule is Cc1csc(CN(C)C(=O)c2cccc(C(=O)N[C@@H](Cc3ccccc3)[C@H](O)CNCc3ccc(C(C)C)cc3OC(=O)N(C)C)c2)n1. The summed E-state index contributed by atoms with van der Waals surface area (Å²) in [5.41, 5.74) is 4.36. The lowest BCUT2D eigenvalue weighted by Gasteiger charge is -2.25. The average molecular weight is 672 g/mol. The Morgan fingerprint density at radius 1 is 0.958 bits per heavy atom. The summed E-state index contributed by atoms with van der Waals surface area (Å²) in [6.07, 6.45) is -1.05. The van der Waals surface area contributed by atoms with Crippen molar-refractivity contribution in [3.8, 4) is 5.75 Å². The molecule has 1 heterocycles. The van der Waals surface area contributed by atoms with Crippen molar-refractivity contribution in [2.75, 3.05) is 27.7 Å². The van der Waals surface area contributed by atoms with Crippen LogP contribution in [-0.2, 0) is 19.5 Å². The number of aryl methyl sites for hydroxylation is 1. The molecule has 3 aromatic carbocycles. The average Bonchev–Trinajstić information content (AvgIpc) is 3.48. The van der Waals surface area contributed by atoms with Gasteiger partial charge in [-0.05, 0) is 54.7 Å². The molecule has 0 saturated heterocycles. The Morgan fingerprint density at radius 2 is 1.69 bits per heavy atom. The number of thiazole rings is 1. The van der Waals surface area contributed by atoms with Crippen LogP contribution in [0, 0.1) is 6.92 Å². The number of hydrogen-bond acceptors (Lipinski definition) is 8. The first-order valence-corrected chi connectivity index (χ1v) is 16.8. The number of hydrogen-bond donors (Lipinski definition) is 3. The lowest BCUT2D eigenvalue weighted by molar-refractivity contribution is 0.0784. The lowest BCUT2D eigenvalue weighted by Crippen LogP contribution is -2.48. The molecule has 0 aliphatic carbocycles. The van der Waals surface area contributed by atoms with Crippen LogP contribution in [-0.4, -0.2) is 77.6 Å². The van der Waals surface area contributed by atoms with E-state index in [-0.39, 0.29) is 18.4 Å². The zero-order chi connectivity index (χ0) is 34.8. The van der Waals surface area contributed by atoms with Crippen molar-refractivity contribution in [1.29, 1.82) is 0 Å². The van der Waals surface area contributed by atoms with E-state index in [1.165, 1.54) is 16.2 Å². The second-order valence-corrected chi connectivity index (χ2v) is 13.3. The van der Waals surface area contributed by atoms with E-state index >= 15 is 0 Å². The monoisotopic (exact) mass is 671 g/mol. The van der Waals surface area contributed by atoms with Crippen molar-refractivity contribution in [3.05, 3.63) is 117 Å². The minimum Gasteiger partial charge on any atom is -0.410 e. The van der Waals surface area contributed by atoms with Gasteiger partial charge in [0.2, 0.25) is 0 Å². The van der Waals surface area contributed by atoms with E-state index in [4.69, 9.17) is 4.74 Å². The zero-order valence-electron chi connectivity index (χ0n) is 28.4. The number of aliphatic hydroxyl groups is 1. The van der Waals surface area contributed by atoms with Crippen LogP contribution >= 0.6 is 11.3 Å². The topological polar surface area (TPSA) is 124 Å². The molecule has 11 heteroatoms. The van der Waals surface area contributed by atoms with Gasteiger partial charge in [0.05, 0.1) is 18.7 Å². The smallest absolute Gasteiger partial charge is 0.410 e. The Balaban J connectivity index is 1.45. The highest BCUT2D eigenvalue weighted by atomic mass is 32.1. The third-order valence-electron chi connectivity index (χ3n) is 7.83. The summed E-state index contributed by atoms with van der Waals surface area (Å²) < 4.78 is 5.65. The Bertz CT molecular complexity index is 1690. The minimum atomic E-state index is -0.963. The Hall–Kier alpha value is -4.58. The number of rotatable bonds is 14. The molecular weight excluding hydrogens is 627 g/mol. The van der Waals surface area contributed by atoms with Crippen molar-refractivity contribution < 1.29 is 24.2 Å². The number of nitrogens with one attached hydrogen (secondary N) is 2. The first kappa shape index (κ1) is 36.3. The quantitative estimate of drug-likeness (QED) is 0.164. The van der Waals surface area contributed by atoms with Gasteiger partial charge < -0.3 is 30.3 Å². The van der Waals surface area contributed by atoms with E-state index < -0.39 is 24.1 Å². The van der Waals surface area contributed by atoms with Crippen LogP contribution in [0.4, 0.5) is 4.79 Å². The predicted molar refractivity (Wildman–Crippen MR) is 188 cm³/mol. The maximum absolute atomic E-state index is 13.5. The van der Waals surface area contributed by atoms with E-state index in [1.54, 1.807) is 50.3 Å². The van der Waals surface area contributed by atoms with Gasteiger partial charge in [0.1, 0.15) is 10.8 Å². The summed E-state index contributed by atoms with van der Waals surface area (Å²) in [5, 5.41) is 20.4. The van der Waals surface area contributed by atoms with E-state index in [9.17, 15) is 19.5 Å². The van der Waals surface area contributed by atoms with E-state index in [2.05, 4.69) is 29.5 Å². The third-order valence-corrected chi connectivity index (χ3v) is 8.78. The molecule has 0 radical (unpaired) electrons. The zero-order valence-corrected chi connectivity index (χ0v) is 29.2. The van der Waals surface area contributed by atoms with Crippen molar-refractivity contribution in [2.45, 2.75) is 58.3 Å². The lowest BCUT2D eigenvalue weighted by atomic mass is 9.99. The fraction of sp³-hybridized carbons (Fsp3) is 0.351. The molecule has 0 aliphatic heterocycles. The van der Waals surface area contributed by atoms with Gasteiger partial charge in [-0.25, -0.2) is 9.78 Å². The van der Waals surface area contributed by atoms with Gasteiger partial charge in [-0.2, -0.15) is 0 Å². The van der Waals surface area contributed by atoms with E-state index in [1.807, 2.05) is 60.8 Å². The number of ether oxygens (including phenoxy) is 1. The summed E-state index contributed by atoms with van der Waals surface area (Å²) in [4.78, 5) is 46.5. The van der Waals surface area contributed by atoms with Gasteiger partial charge >= 0.3 is 6.09 Å². The molecule has 4 aromatic rings. The van der Waals surface area contributed by atoms with Crippen LogP contribution in [0.15, 0.2) is 78.2 Å². The van der Waals surface area contributed by atoms with Crippen LogP contribution in [0.25, 0.3) is 0 Å². The van der Waals surface area contributed by atoms with Crippen LogP contribution in [0.1, 0.15) is 67.9 Å². The molecule has 4 rings (SSSR count). The normalized spacial score (nSPS) is 12.3. The molecule has 2 atom stereocenters. The summed E-state index contributed by atoms with van der Waals surface area (Å²) in [7, 11) is 4.96. The molecule has 0 aliphatic rings. The molecular formula is C37H45N5O5S. The molecule has 1 aromatic heterocycles. The maximum Gasteiger partial charge on any atom is 0.414 e. The molecule has 0 saturated carbocycles. The summed E-state index contributed by atoms with van der Waals surface area (Å²) in [6.45, 7) is 6.90. The molecule has 0 unspecified atom stereocenters. The van der Waals surface area contributed by atoms with Crippen LogP contribution in [0.5, 0.6) is 5.75 Å². The molecule has 0 spiro atoms. The minimum absolute atomic E-state index is 0.157. The molecule has 3 N–H and O–H groups in total. The van der Waals surface area contributed by atoms with Gasteiger partial charge in [0.15, 0.2) is 0 Å². The van der Waals surface area contributed by atoms with Crippen molar-refractivity contribution in [3.63, 3.8) is 0 Å². The number of aliphatic hydroxyl groups excluding tert-OH is 1.